The van der Waals surface area contributed by atoms with Gasteiger partial charge >= 0.3 is 0 Å². The van der Waals surface area contributed by atoms with Crippen LogP contribution in [-0.2, 0) is 12.8 Å². The summed E-state index contributed by atoms with van der Waals surface area (Å²) in [6, 6.07) is 15.1. The number of rotatable bonds is 13. The Balaban J connectivity index is 2.49. The van der Waals surface area contributed by atoms with E-state index in [4.69, 9.17) is 0 Å². The smallest absolute Gasteiger partial charge is 0.126 e. The highest BCUT2D eigenvalue weighted by Crippen LogP contribution is 2.35. The van der Waals surface area contributed by atoms with Gasteiger partial charge in [-0.2, -0.15) is 0 Å². The summed E-state index contributed by atoms with van der Waals surface area (Å²) >= 11 is 0. The number of aliphatic hydroxyl groups excluding tert-OH is 4. The maximum Gasteiger partial charge on any atom is 0.126 e. The fourth-order valence-corrected chi connectivity index (χ4v) is 4.58. The predicted octanol–water partition coefficient (Wildman–Crippen LogP) is 3.22. The Morgan fingerprint density at radius 1 is 0.750 bits per heavy atom. The average Bonchev–Trinajstić information content (AvgIpc) is 2.86. The molecular formula is C30H44O6. The van der Waals surface area contributed by atoms with Crippen LogP contribution in [0.1, 0.15) is 75.1 Å². The highest BCUT2D eigenvalue weighted by Gasteiger charge is 2.53. The number of benzene rings is 2. The molecule has 0 aliphatic rings. The van der Waals surface area contributed by atoms with Crippen molar-refractivity contribution < 1.29 is 30.6 Å². The van der Waals surface area contributed by atoms with Crippen LogP contribution in [0, 0.1) is 0 Å². The lowest BCUT2D eigenvalue weighted by atomic mass is 9.71. The third kappa shape index (κ3) is 7.25. The van der Waals surface area contributed by atoms with Crippen molar-refractivity contribution in [2.24, 2.45) is 0 Å². The lowest BCUT2D eigenvalue weighted by Crippen LogP contribution is -2.66. The molecule has 0 bridgehead atoms. The molecule has 6 nitrogen and oxygen atoms in total. The topological polar surface area (TPSA) is 121 Å². The molecule has 0 spiro atoms. The Morgan fingerprint density at radius 2 is 1.19 bits per heavy atom. The number of allylic oxidation sites excluding steroid dienone is 1. The highest BCUT2D eigenvalue weighted by atomic mass is 16.4. The molecule has 0 radical (unpaired) electrons. The Labute approximate surface area is 215 Å². The standard InChI is InChI=1S/C30H44O6/c1-6-7-16-29(35,17-22-8-12-24(13-9-22)20(2)3)28(34)30(36,27(33)26(32)19-31)18-23-10-14-25(15-11-23)21(4)5/h6-15,20-21,26-28,31-36H,16-19H2,1-5H3/b7-6+/t26-,27+,28+,29?,30+/m0/s1. The largest absolute Gasteiger partial charge is 0.394 e. The SMILES string of the molecule is C/C=C/CC(O)(Cc1ccc(C(C)C)cc1)[C@@H](O)[C@@](O)(Cc1ccc(C(C)C)cc1)[C@H](O)[C@@H](O)CO. The summed E-state index contributed by atoms with van der Waals surface area (Å²) in [6.45, 7) is 9.27. The van der Waals surface area contributed by atoms with Crippen molar-refractivity contribution in [3.8, 4) is 0 Å². The molecular weight excluding hydrogens is 456 g/mol. The summed E-state index contributed by atoms with van der Waals surface area (Å²) in [6.07, 6.45) is -2.28. The van der Waals surface area contributed by atoms with Crippen LogP contribution >= 0.6 is 0 Å². The third-order valence-electron chi connectivity index (χ3n) is 7.04. The normalized spacial score (nSPS) is 18.2. The van der Waals surface area contributed by atoms with Crippen molar-refractivity contribution in [2.45, 2.75) is 95.2 Å². The molecule has 5 atom stereocenters. The van der Waals surface area contributed by atoms with Crippen LogP contribution < -0.4 is 0 Å². The van der Waals surface area contributed by atoms with Gasteiger partial charge in [-0.25, -0.2) is 0 Å². The van der Waals surface area contributed by atoms with Crippen LogP contribution in [0.15, 0.2) is 60.7 Å². The van der Waals surface area contributed by atoms with Gasteiger partial charge in [-0.3, -0.25) is 0 Å². The molecule has 0 saturated carbocycles. The van der Waals surface area contributed by atoms with Crippen molar-refractivity contribution in [1.82, 2.24) is 0 Å². The van der Waals surface area contributed by atoms with Crippen LogP contribution in [0.2, 0.25) is 0 Å². The van der Waals surface area contributed by atoms with Crippen LogP contribution in [-0.4, -0.2) is 66.8 Å². The van der Waals surface area contributed by atoms with Gasteiger partial charge in [0.2, 0.25) is 0 Å². The van der Waals surface area contributed by atoms with Crippen LogP contribution in [0.4, 0.5) is 0 Å². The fourth-order valence-electron chi connectivity index (χ4n) is 4.58. The Kier molecular flexibility index (Phi) is 10.9. The van der Waals surface area contributed by atoms with Gasteiger partial charge in [0, 0.05) is 12.8 Å². The molecule has 6 N–H and O–H groups in total. The van der Waals surface area contributed by atoms with Gasteiger partial charge in [-0.15, -0.1) is 0 Å². The monoisotopic (exact) mass is 500 g/mol. The molecule has 2 rings (SSSR count). The maximum atomic E-state index is 11.8. The van der Waals surface area contributed by atoms with Gasteiger partial charge in [0.1, 0.15) is 29.5 Å². The minimum atomic E-state index is -2.35. The first-order valence-corrected chi connectivity index (χ1v) is 12.8. The zero-order chi connectivity index (χ0) is 27.1. The maximum absolute atomic E-state index is 11.8. The summed E-state index contributed by atoms with van der Waals surface area (Å²) in [5.41, 5.74) is -0.622. The Bertz CT molecular complexity index is 952. The lowest BCUT2D eigenvalue weighted by molar-refractivity contribution is -0.228. The molecule has 0 heterocycles. The molecule has 2 aromatic carbocycles. The van der Waals surface area contributed by atoms with E-state index in [1.54, 1.807) is 31.2 Å². The van der Waals surface area contributed by atoms with E-state index in [1.165, 1.54) is 0 Å². The Hall–Kier alpha value is -2.06. The second-order valence-corrected chi connectivity index (χ2v) is 10.6. The van der Waals surface area contributed by atoms with Crippen molar-refractivity contribution in [2.75, 3.05) is 6.61 Å². The second kappa shape index (κ2) is 13.0. The first kappa shape index (κ1) is 30.2. The minimum absolute atomic E-state index is 0.00708. The highest BCUT2D eigenvalue weighted by molar-refractivity contribution is 5.29. The quantitative estimate of drug-likeness (QED) is 0.235. The second-order valence-electron chi connectivity index (χ2n) is 10.6. The van der Waals surface area contributed by atoms with E-state index in [0.29, 0.717) is 17.4 Å². The van der Waals surface area contributed by atoms with E-state index in [-0.39, 0.29) is 19.3 Å². The molecule has 0 amide bonds. The first-order valence-electron chi connectivity index (χ1n) is 12.8. The summed E-state index contributed by atoms with van der Waals surface area (Å²) in [5, 5.41) is 65.7. The average molecular weight is 501 g/mol. The van der Waals surface area contributed by atoms with Gasteiger partial charge in [0.05, 0.1) is 6.61 Å². The van der Waals surface area contributed by atoms with Crippen molar-refractivity contribution in [3.63, 3.8) is 0 Å². The van der Waals surface area contributed by atoms with Crippen LogP contribution in [0.25, 0.3) is 0 Å². The lowest BCUT2D eigenvalue weighted by Gasteiger charge is -2.46. The summed E-state index contributed by atoms with van der Waals surface area (Å²) < 4.78 is 0. The van der Waals surface area contributed by atoms with Gasteiger partial charge in [0.25, 0.3) is 0 Å². The minimum Gasteiger partial charge on any atom is -0.394 e. The predicted molar refractivity (Wildman–Crippen MR) is 143 cm³/mol. The van der Waals surface area contributed by atoms with Gasteiger partial charge in [0.15, 0.2) is 0 Å². The zero-order valence-electron chi connectivity index (χ0n) is 22.2. The molecule has 6 heteroatoms. The molecule has 0 aliphatic carbocycles. The molecule has 2 aromatic rings. The van der Waals surface area contributed by atoms with E-state index in [9.17, 15) is 30.6 Å². The van der Waals surface area contributed by atoms with E-state index in [0.717, 1.165) is 16.7 Å². The number of aliphatic hydroxyl groups is 6. The number of hydrogen-bond donors (Lipinski definition) is 6. The summed E-state index contributed by atoms with van der Waals surface area (Å²) in [4.78, 5) is 0. The zero-order valence-corrected chi connectivity index (χ0v) is 22.2. The first-order chi connectivity index (χ1) is 16.9. The van der Waals surface area contributed by atoms with E-state index in [1.807, 2.05) is 36.4 Å². The van der Waals surface area contributed by atoms with Crippen molar-refractivity contribution in [3.05, 3.63) is 82.9 Å². The van der Waals surface area contributed by atoms with Crippen molar-refractivity contribution >= 4 is 0 Å². The summed E-state index contributed by atoms with van der Waals surface area (Å²) in [7, 11) is 0. The van der Waals surface area contributed by atoms with Gasteiger partial charge < -0.3 is 30.6 Å². The molecule has 0 aromatic heterocycles. The molecule has 0 fully saturated rings. The molecule has 0 saturated heterocycles. The molecule has 36 heavy (non-hydrogen) atoms. The third-order valence-corrected chi connectivity index (χ3v) is 7.04. The fraction of sp³-hybridized carbons (Fsp3) is 0.533. The molecule has 200 valence electrons. The molecule has 0 aliphatic heterocycles. The van der Waals surface area contributed by atoms with E-state index < -0.39 is 36.1 Å². The van der Waals surface area contributed by atoms with Gasteiger partial charge in [-0.05, 0) is 47.4 Å². The Morgan fingerprint density at radius 3 is 1.58 bits per heavy atom. The van der Waals surface area contributed by atoms with E-state index >= 15 is 0 Å². The van der Waals surface area contributed by atoms with Crippen LogP contribution in [0.3, 0.4) is 0 Å². The molecule has 1 unspecified atom stereocenters. The van der Waals surface area contributed by atoms with Crippen molar-refractivity contribution in [1.29, 1.82) is 0 Å². The van der Waals surface area contributed by atoms with Gasteiger partial charge in [-0.1, -0.05) is 88.4 Å². The van der Waals surface area contributed by atoms with E-state index in [2.05, 4.69) is 27.7 Å². The van der Waals surface area contributed by atoms with Crippen LogP contribution in [0.5, 0.6) is 0 Å². The number of hydrogen-bond acceptors (Lipinski definition) is 6. The summed E-state index contributed by atoms with van der Waals surface area (Å²) in [5.74, 6) is 0.646.